The highest BCUT2D eigenvalue weighted by atomic mass is 16.1. The second-order valence-electron chi connectivity index (χ2n) is 3.25. The first-order chi connectivity index (χ1) is 4.93. The lowest BCUT2D eigenvalue weighted by atomic mass is 10.1. The van der Waals surface area contributed by atoms with Crippen molar-refractivity contribution in [3.63, 3.8) is 0 Å². The Labute approximate surface area is 62.8 Å². The number of hydrogen-bond acceptors (Lipinski definition) is 1. The summed E-state index contributed by atoms with van der Waals surface area (Å²) in [6, 6.07) is 0. The van der Waals surface area contributed by atoms with Crippen LogP contribution in [0.25, 0.3) is 0 Å². The van der Waals surface area contributed by atoms with Crippen molar-refractivity contribution < 1.29 is 4.79 Å². The van der Waals surface area contributed by atoms with Gasteiger partial charge in [0.1, 0.15) is 6.29 Å². The number of hydrogen-bond donors (Lipinski definition) is 0. The number of aldehydes is 1. The van der Waals surface area contributed by atoms with Crippen LogP contribution in [0.15, 0.2) is 0 Å². The Morgan fingerprint density at radius 1 is 1.20 bits per heavy atom. The van der Waals surface area contributed by atoms with Crippen LogP contribution in [0.2, 0.25) is 0 Å². The summed E-state index contributed by atoms with van der Waals surface area (Å²) < 4.78 is 0. The van der Waals surface area contributed by atoms with Crippen LogP contribution in [0.4, 0.5) is 0 Å². The van der Waals surface area contributed by atoms with Gasteiger partial charge in [-0.15, -0.1) is 0 Å². The minimum absolute atomic E-state index is 0.769. The molecule has 1 aliphatic carbocycles. The fraction of sp³-hybridized carbons (Fsp3) is 0.889. The van der Waals surface area contributed by atoms with Crippen LogP contribution in [0.3, 0.4) is 0 Å². The molecule has 1 nitrogen and oxygen atoms in total. The van der Waals surface area contributed by atoms with Crippen molar-refractivity contribution in [2.45, 2.75) is 44.9 Å². The molecule has 0 spiro atoms. The monoisotopic (exact) mass is 140 g/mol. The quantitative estimate of drug-likeness (QED) is 0.409. The third-order valence-corrected chi connectivity index (χ3v) is 2.13. The molecule has 0 atom stereocenters. The molecule has 0 aromatic heterocycles. The second kappa shape index (κ2) is 4.48. The summed E-state index contributed by atoms with van der Waals surface area (Å²) in [6.45, 7) is 0. The highest BCUT2D eigenvalue weighted by Crippen LogP contribution is 2.33. The van der Waals surface area contributed by atoms with Gasteiger partial charge in [0.2, 0.25) is 0 Å². The maximum atomic E-state index is 9.91. The van der Waals surface area contributed by atoms with Crippen LogP contribution in [-0.2, 0) is 4.79 Å². The van der Waals surface area contributed by atoms with E-state index >= 15 is 0 Å². The smallest absolute Gasteiger partial charge is 0.119 e. The molecule has 1 rings (SSSR count). The van der Waals surface area contributed by atoms with E-state index in [1.165, 1.54) is 32.1 Å². The predicted molar refractivity (Wildman–Crippen MR) is 41.9 cm³/mol. The number of rotatable bonds is 6. The first-order valence-corrected chi connectivity index (χ1v) is 4.37. The van der Waals surface area contributed by atoms with E-state index in [1.54, 1.807) is 0 Å². The zero-order chi connectivity index (χ0) is 7.23. The molecule has 0 unspecified atom stereocenters. The molecule has 0 radical (unpaired) electrons. The lowest BCUT2D eigenvalue weighted by Crippen LogP contribution is -1.80. The molecule has 58 valence electrons. The number of carbonyl (C=O) groups is 1. The van der Waals surface area contributed by atoms with Crippen molar-refractivity contribution in [3.8, 4) is 0 Å². The first-order valence-electron chi connectivity index (χ1n) is 4.37. The summed E-state index contributed by atoms with van der Waals surface area (Å²) >= 11 is 0. The van der Waals surface area contributed by atoms with Crippen molar-refractivity contribution in [1.29, 1.82) is 0 Å². The fourth-order valence-electron chi connectivity index (χ4n) is 1.24. The predicted octanol–water partition coefficient (Wildman–Crippen LogP) is 2.55. The highest BCUT2D eigenvalue weighted by Gasteiger charge is 2.19. The Balaban J connectivity index is 1.72. The Morgan fingerprint density at radius 2 is 2.00 bits per heavy atom. The van der Waals surface area contributed by atoms with Gasteiger partial charge in [-0.3, -0.25) is 0 Å². The molecular weight excluding hydrogens is 124 g/mol. The summed E-state index contributed by atoms with van der Waals surface area (Å²) in [6.07, 6.45) is 9.85. The van der Waals surface area contributed by atoms with Crippen molar-refractivity contribution in [2.24, 2.45) is 5.92 Å². The zero-order valence-electron chi connectivity index (χ0n) is 6.51. The summed E-state index contributed by atoms with van der Waals surface area (Å²) in [5.41, 5.74) is 0. The van der Waals surface area contributed by atoms with Gasteiger partial charge in [-0.1, -0.05) is 32.1 Å². The molecule has 10 heavy (non-hydrogen) atoms. The van der Waals surface area contributed by atoms with Crippen molar-refractivity contribution in [1.82, 2.24) is 0 Å². The van der Waals surface area contributed by atoms with Crippen molar-refractivity contribution >= 4 is 6.29 Å². The molecule has 0 saturated heterocycles. The standard InChI is InChI=1S/C9H16O/c10-8-4-2-1-3-5-9-6-7-9/h8-9H,1-7H2. The first kappa shape index (κ1) is 7.77. The van der Waals surface area contributed by atoms with Crippen LogP contribution in [0.5, 0.6) is 0 Å². The maximum Gasteiger partial charge on any atom is 0.119 e. The normalized spacial score (nSPS) is 17.2. The van der Waals surface area contributed by atoms with Crippen LogP contribution >= 0.6 is 0 Å². The highest BCUT2D eigenvalue weighted by molar-refractivity contribution is 5.48. The summed E-state index contributed by atoms with van der Waals surface area (Å²) in [5.74, 6) is 1.07. The molecule has 0 N–H and O–H groups in total. The van der Waals surface area contributed by atoms with Gasteiger partial charge in [-0.05, 0) is 12.3 Å². The molecule has 0 bridgehead atoms. The fourth-order valence-corrected chi connectivity index (χ4v) is 1.24. The Kier molecular flexibility index (Phi) is 3.48. The van der Waals surface area contributed by atoms with Gasteiger partial charge in [-0.25, -0.2) is 0 Å². The van der Waals surface area contributed by atoms with E-state index < -0.39 is 0 Å². The third kappa shape index (κ3) is 3.65. The average Bonchev–Trinajstić information content (AvgIpc) is 2.71. The van der Waals surface area contributed by atoms with Gasteiger partial charge in [0.15, 0.2) is 0 Å². The van der Waals surface area contributed by atoms with E-state index in [9.17, 15) is 4.79 Å². The summed E-state index contributed by atoms with van der Waals surface area (Å²) in [4.78, 5) is 9.91. The molecule has 0 heterocycles. The molecule has 0 aromatic rings. The topological polar surface area (TPSA) is 17.1 Å². The molecule has 0 aliphatic heterocycles. The molecule has 0 amide bonds. The average molecular weight is 140 g/mol. The lowest BCUT2D eigenvalue weighted by molar-refractivity contribution is -0.107. The van der Waals surface area contributed by atoms with Crippen molar-refractivity contribution in [2.75, 3.05) is 0 Å². The number of unbranched alkanes of at least 4 members (excludes halogenated alkanes) is 3. The van der Waals surface area contributed by atoms with Crippen LogP contribution in [-0.4, -0.2) is 6.29 Å². The lowest BCUT2D eigenvalue weighted by Gasteiger charge is -1.94. The minimum atomic E-state index is 0.769. The largest absolute Gasteiger partial charge is 0.303 e. The van der Waals surface area contributed by atoms with Gasteiger partial charge >= 0.3 is 0 Å². The van der Waals surface area contributed by atoms with Gasteiger partial charge in [0.05, 0.1) is 0 Å². The van der Waals surface area contributed by atoms with Crippen LogP contribution in [0, 0.1) is 5.92 Å². The van der Waals surface area contributed by atoms with E-state index in [0.29, 0.717) is 0 Å². The molecular formula is C9H16O. The summed E-state index contributed by atoms with van der Waals surface area (Å²) in [7, 11) is 0. The van der Waals surface area contributed by atoms with Gasteiger partial charge in [0.25, 0.3) is 0 Å². The molecule has 0 aromatic carbocycles. The Morgan fingerprint density at radius 3 is 2.60 bits per heavy atom. The Bertz CT molecular complexity index is 94.9. The second-order valence-corrected chi connectivity index (χ2v) is 3.25. The molecule has 1 aliphatic rings. The molecule has 1 fully saturated rings. The van der Waals surface area contributed by atoms with Gasteiger partial charge < -0.3 is 4.79 Å². The third-order valence-electron chi connectivity index (χ3n) is 2.13. The minimum Gasteiger partial charge on any atom is -0.303 e. The molecule has 1 saturated carbocycles. The van der Waals surface area contributed by atoms with E-state index in [4.69, 9.17) is 0 Å². The van der Waals surface area contributed by atoms with Crippen LogP contribution < -0.4 is 0 Å². The zero-order valence-corrected chi connectivity index (χ0v) is 6.51. The van der Waals surface area contributed by atoms with Gasteiger partial charge in [-0.2, -0.15) is 0 Å². The van der Waals surface area contributed by atoms with E-state index in [2.05, 4.69) is 0 Å². The maximum absolute atomic E-state index is 9.91. The SMILES string of the molecule is O=CCCCCCC1CC1. The van der Waals surface area contributed by atoms with Crippen LogP contribution in [0.1, 0.15) is 44.9 Å². The van der Waals surface area contributed by atoms with E-state index in [0.717, 1.165) is 25.0 Å². The Hall–Kier alpha value is -0.330. The summed E-state index contributed by atoms with van der Waals surface area (Å²) in [5, 5.41) is 0. The van der Waals surface area contributed by atoms with E-state index in [-0.39, 0.29) is 0 Å². The molecule has 1 heteroatoms. The van der Waals surface area contributed by atoms with Gasteiger partial charge in [0, 0.05) is 6.42 Å². The number of carbonyl (C=O) groups excluding carboxylic acids is 1. The van der Waals surface area contributed by atoms with E-state index in [1.807, 2.05) is 0 Å². The van der Waals surface area contributed by atoms with Crippen molar-refractivity contribution in [3.05, 3.63) is 0 Å².